The molecule has 0 unspecified atom stereocenters. The number of carbonyl (C=O) groups excluding carboxylic acids is 1. The Hall–Kier alpha value is -2.30. The van der Waals surface area contributed by atoms with E-state index in [-0.39, 0.29) is 23.9 Å². The average Bonchev–Trinajstić information content (AvgIpc) is 2.95. The molecule has 5 heteroatoms. The standard InChI is InChI=1S/C21H29N3O2/c1-6-13(2)22-21(25)18-11-14(3)24(20-10-8-7-9-17(18)20)12-19-15(4)23-26-16(19)5/h7-10,13-14,18H,6,11-12H2,1-5H3,(H,22,25)/t13-,14+,18+/m0/s1. The number of fused-ring (bicyclic) bond motifs is 1. The van der Waals surface area contributed by atoms with Gasteiger partial charge in [-0.2, -0.15) is 0 Å². The number of carbonyl (C=O) groups is 1. The van der Waals surface area contributed by atoms with E-state index in [1.807, 2.05) is 26.0 Å². The minimum absolute atomic E-state index is 0.101. The van der Waals surface area contributed by atoms with E-state index in [2.05, 4.69) is 48.3 Å². The molecule has 1 amide bonds. The van der Waals surface area contributed by atoms with E-state index in [1.165, 1.54) is 0 Å². The molecular weight excluding hydrogens is 326 g/mol. The smallest absolute Gasteiger partial charge is 0.227 e. The van der Waals surface area contributed by atoms with Crippen LogP contribution in [0, 0.1) is 13.8 Å². The fraction of sp³-hybridized carbons (Fsp3) is 0.524. The lowest BCUT2D eigenvalue weighted by Gasteiger charge is -2.40. The zero-order valence-electron chi connectivity index (χ0n) is 16.4. The maximum atomic E-state index is 12.9. The van der Waals surface area contributed by atoms with Crippen LogP contribution in [0.3, 0.4) is 0 Å². The first-order valence-corrected chi connectivity index (χ1v) is 9.50. The number of hydrogen-bond acceptors (Lipinski definition) is 4. The highest BCUT2D eigenvalue weighted by Gasteiger charge is 2.34. The van der Waals surface area contributed by atoms with Crippen molar-refractivity contribution in [1.29, 1.82) is 0 Å². The van der Waals surface area contributed by atoms with Gasteiger partial charge < -0.3 is 14.7 Å². The summed E-state index contributed by atoms with van der Waals surface area (Å²) in [6.45, 7) is 11.0. The largest absolute Gasteiger partial charge is 0.364 e. The number of aromatic nitrogens is 1. The Morgan fingerprint density at radius 3 is 2.77 bits per heavy atom. The molecular formula is C21H29N3O2. The number of nitrogens with zero attached hydrogens (tertiary/aromatic N) is 2. The molecule has 5 nitrogen and oxygen atoms in total. The second-order valence-corrected chi connectivity index (χ2v) is 7.44. The van der Waals surface area contributed by atoms with Crippen LogP contribution in [-0.4, -0.2) is 23.1 Å². The van der Waals surface area contributed by atoms with E-state index in [0.29, 0.717) is 0 Å². The second kappa shape index (κ2) is 7.52. The van der Waals surface area contributed by atoms with E-state index >= 15 is 0 Å². The van der Waals surface area contributed by atoms with E-state index in [1.54, 1.807) is 0 Å². The first kappa shape index (κ1) is 18.5. The first-order chi connectivity index (χ1) is 12.4. The molecule has 2 aromatic rings. The third-order valence-electron chi connectivity index (χ3n) is 5.56. The van der Waals surface area contributed by atoms with Gasteiger partial charge >= 0.3 is 0 Å². The summed E-state index contributed by atoms with van der Waals surface area (Å²) in [5.41, 5.74) is 4.31. The van der Waals surface area contributed by atoms with Crippen LogP contribution in [0.1, 0.15) is 62.1 Å². The van der Waals surface area contributed by atoms with Gasteiger partial charge in [0.2, 0.25) is 5.91 Å². The van der Waals surface area contributed by atoms with Crippen LogP contribution in [0.2, 0.25) is 0 Å². The summed E-state index contributed by atoms with van der Waals surface area (Å²) >= 11 is 0. The van der Waals surface area contributed by atoms with Crippen molar-refractivity contribution in [2.45, 2.75) is 72.0 Å². The van der Waals surface area contributed by atoms with E-state index in [0.717, 1.165) is 47.7 Å². The number of aryl methyl sites for hydroxylation is 2. The van der Waals surface area contributed by atoms with Crippen molar-refractivity contribution in [3.8, 4) is 0 Å². The minimum Gasteiger partial charge on any atom is -0.364 e. The number of anilines is 1. The molecule has 26 heavy (non-hydrogen) atoms. The molecule has 0 radical (unpaired) electrons. The minimum atomic E-state index is -0.101. The lowest BCUT2D eigenvalue weighted by atomic mass is 9.85. The predicted molar refractivity (Wildman–Crippen MR) is 103 cm³/mol. The molecule has 0 fully saturated rings. The molecule has 1 aromatic carbocycles. The van der Waals surface area contributed by atoms with Crippen LogP contribution >= 0.6 is 0 Å². The van der Waals surface area contributed by atoms with E-state index < -0.39 is 0 Å². The summed E-state index contributed by atoms with van der Waals surface area (Å²) in [6.07, 6.45) is 1.75. The molecule has 140 valence electrons. The van der Waals surface area contributed by atoms with Gasteiger partial charge in [-0.05, 0) is 52.2 Å². The van der Waals surface area contributed by atoms with Crippen LogP contribution in [0.5, 0.6) is 0 Å². The molecule has 0 bridgehead atoms. The highest BCUT2D eigenvalue weighted by Crippen LogP contribution is 2.39. The monoisotopic (exact) mass is 355 g/mol. The van der Waals surface area contributed by atoms with Gasteiger partial charge in [0.25, 0.3) is 0 Å². The fourth-order valence-corrected chi connectivity index (χ4v) is 3.71. The molecule has 0 aliphatic carbocycles. The number of hydrogen-bond donors (Lipinski definition) is 1. The van der Waals surface area contributed by atoms with Crippen LogP contribution in [-0.2, 0) is 11.3 Å². The SMILES string of the molecule is CC[C@H](C)NC(=O)[C@@H]1C[C@@H](C)N(Cc2c(C)noc2C)c2ccccc21. The van der Waals surface area contributed by atoms with Crippen molar-refractivity contribution in [2.75, 3.05) is 4.90 Å². The van der Waals surface area contributed by atoms with Crippen molar-refractivity contribution in [3.05, 3.63) is 46.8 Å². The average molecular weight is 355 g/mol. The van der Waals surface area contributed by atoms with Crippen molar-refractivity contribution >= 4 is 11.6 Å². The summed E-state index contributed by atoms with van der Waals surface area (Å²) in [7, 11) is 0. The van der Waals surface area contributed by atoms with Gasteiger partial charge in [-0.1, -0.05) is 30.3 Å². The molecule has 0 saturated heterocycles. The van der Waals surface area contributed by atoms with Gasteiger partial charge in [-0.3, -0.25) is 4.79 Å². The lowest BCUT2D eigenvalue weighted by Crippen LogP contribution is -2.44. The molecule has 0 spiro atoms. The van der Waals surface area contributed by atoms with Crippen molar-refractivity contribution < 1.29 is 9.32 Å². The quantitative estimate of drug-likeness (QED) is 0.878. The van der Waals surface area contributed by atoms with Crippen molar-refractivity contribution in [2.24, 2.45) is 0 Å². The highest BCUT2D eigenvalue weighted by atomic mass is 16.5. The number of nitrogens with one attached hydrogen (secondary N) is 1. The summed E-state index contributed by atoms with van der Waals surface area (Å²) in [6, 6.07) is 8.72. The summed E-state index contributed by atoms with van der Waals surface area (Å²) in [4.78, 5) is 15.2. The normalized spacial score (nSPS) is 20.6. The predicted octanol–water partition coefficient (Wildman–Crippen LogP) is 4.09. The third-order valence-corrected chi connectivity index (χ3v) is 5.56. The molecule has 0 saturated carbocycles. The molecule has 1 aliphatic rings. The topological polar surface area (TPSA) is 58.4 Å². The Bertz CT molecular complexity index is 764. The zero-order valence-corrected chi connectivity index (χ0v) is 16.4. The molecule has 1 aliphatic heterocycles. The van der Waals surface area contributed by atoms with Gasteiger partial charge in [0, 0.05) is 29.9 Å². The summed E-state index contributed by atoms with van der Waals surface area (Å²) < 4.78 is 5.33. The maximum Gasteiger partial charge on any atom is 0.227 e. The van der Waals surface area contributed by atoms with Gasteiger partial charge in [0.15, 0.2) is 0 Å². The zero-order chi connectivity index (χ0) is 18.8. The van der Waals surface area contributed by atoms with Crippen LogP contribution in [0.4, 0.5) is 5.69 Å². The summed E-state index contributed by atoms with van der Waals surface area (Å²) in [5, 5.41) is 7.24. The van der Waals surface area contributed by atoms with Gasteiger partial charge in [0.1, 0.15) is 5.76 Å². The number of rotatable bonds is 5. The molecule has 3 atom stereocenters. The lowest BCUT2D eigenvalue weighted by molar-refractivity contribution is -0.123. The third kappa shape index (κ3) is 3.48. The Kier molecular flexibility index (Phi) is 5.35. The van der Waals surface area contributed by atoms with E-state index in [9.17, 15) is 4.79 Å². The van der Waals surface area contributed by atoms with Crippen LogP contribution in [0.25, 0.3) is 0 Å². The van der Waals surface area contributed by atoms with Crippen LogP contribution < -0.4 is 10.2 Å². The molecule has 3 rings (SSSR count). The molecule has 1 aromatic heterocycles. The van der Waals surface area contributed by atoms with Gasteiger partial charge in [0.05, 0.1) is 11.6 Å². The Labute approximate surface area is 155 Å². The van der Waals surface area contributed by atoms with Gasteiger partial charge in [-0.25, -0.2) is 0 Å². The molecule has 2 heterocycles. The van der Waals surface area contributed by atoms with E-state index in [4.69, 9.17) is 4.52 Å². The van der Waals surface area contributed by atoms with Gasteiger partial charge in [-0.15, -0.1) is 0 Å². The summed E-state index contributed by atoms with van der Waals surface area (Å²) in [5.74, 6) is 0.899. The Morgan fingerprint density at radius 2 is 2.12 bits per heavy atom. The van der Waals surface area contributed by atoms with Crippen molar-refractivity contribution in [1.82, 2.24) is 10.5 Å². The van der Waals surface area contributed by atoms with Crippen LogP contribution in [0.15, 0.2) is 28.8 Å². The maximum absolute atomic E-state index is 12.9. The Balaban J connectivity index is 1.91. The fourth-order valence-electron chi connectivity index (χ4n) is 3.71. The highest BCUT2D eigenvalue weighted by molar-refractivity contribution is 5.87. The number of benzene rings is 1. The number of para-hydroxylation sites is 1. The van der Waals surface area contributed by atoms with Crippen molar-refractivity contribution in [3.63, 3.8) is 0 Å². The first-order valence-electron chi connectivity index (χ1n) is 9.50. The second-order valence-electron chi connectivity index (χ2n) is 7.44. The number of amides is 1. The molecule has 1 N–H and O–H groups in total. The Morgan fingerprint density at radius 1 is 1.38 bits per heavy atom.